The second-order valence-electron chi connectivity index (χ2n) is 4.13. The van der Waals surface area contributed by atoms with E-state index in [2.05, 4.69) is 0 Å². The zero-order chi connectivity index (χ0) is 15.2. The zero-order valence-electron chi connectivity index (χ0n) is 10.8. The molecule has 0 spiro atoms. The molecule has 1 atom stereocenters. The van der Waals surface area contributed by atoms with Crippen LogP contribution in [-0.4, -0.2) is 10.9 Å². The largest absolute Gasteiger partial charge is 0.438 e. The number of hydrogen-bond donors (Lipinski definition) is 0. The van der Waals surface area contributed by atoms with Crippen LogP contribution in [0.25, 0.3) is 0 Å². The van der Waals surface area contributed by atoms with Crippen molar-refractivity contribution in [3.8, 4) is 6.07 Å². The number of benzene rings is 2. The van der Waals surface area contributed by atoms with E-state index in [1.54, 1.807) is 30.3 Å². The monoisotopic (exact) mass is 282 g/mol. The number of carbonyl (C=O) groups excluding carboxylic acids is 1. The summed E-state index contributed by atoms with van der Waals surface area (Å²) < 4.78 is 5.08. The zero-order valence-corrected chi connectivity index (χ0v) is 10.8. The van der Waals surface area contributed by atoms with Crippen molar-refractivity contribution in [1.82, 2.24) is 0 Å². The Morgan fingerprint density at radius 1 is 1.19 bits per heavy atom. The molecule has 104 valence electrons. The van der Waals surface area contributed by atoms with Gasteiger partial charge in [0.2, 0.25) is 6.10 Å². The van der Waals surface area contributed by atoms with Gasteiger partial charge in [-0.1, -0.05) is 36.4 Å². The molecule has 2 rings (SSSR count). The number of esters is 1. The van der Waals surface area contributed by atoms with Crippen LogP contribution in [0.1, 0.15) is 22.0 Å². The SMILES string of the molecule is N#CC(OC(=O)c1cccc([N+](=O)[O-])c1)c1ccccc1. The van der Waals surface area contributed by atoms with Crippen LogP contribution in [-0.2, 0) is 4.74 Å². The van der Waals surface area contributed by atoms with E-state index < -0.39 is 17.0 Å². The number of nitro benzene ring substituents is 1. The lowest BCUT2D eigenvalue weighted by molar-refractivity contribution is -0.384. The smallest absolute Gasteiger partial charge is 0.340 e. The molecule has 0 saturated carbocycles. The second kappa shape index (κ2) is 6.30. The fraction of sp³-hybridized carbons (Fsp3) is 0.0667. The molecule has 6 nitrogen and oxygen atoms in total. The van der Waals surface area contributed by atoms with E-state index in [0.29, 0.717) is 5.56 Å². The van der Waals surface area contributed by atoms with Crippen molar-refractivity contribution in [3.63, 3.8) is 0 Å². The van der Waals surface area contributed by atoms with E-state index in [4.69, 9.17) is 10.00 Å². The highest BCUT2D eigenvalue weighted by atomic mass is 16.6. The second-order valence-corrected chi connectivity index (χ2v) is 4.13. The summed E-state index contributed by atoms with van der Waals surface area (Å²) >= 11 is 0. The fourth-order valence-corrected chi connectivity index (χ4v) is 1.72. The van der Waals surface area contributed by atoms with Gasteiger partial charge in [0.25, 0.3) is 5.69 Å². The highest BCUT2D eigenvalue weighted by Crippen LogP contribution is 2.20. The lowest BCUT2D eigenvalue weighted by Gasteiger charge is -2.11. The molecule has 0 aliphatic heterocycles. The summed E-state index contributed by atoms with van der Waals surface area (Å²) in [7, 11) is 0. The first kappa shape index (κ1) is 14.2. The van der Waals surface area contributed by atoms with Crippen LogP contribution in [0.5, 0.6) is 0 Å². The first-order valence-corrected chi connectivity index (χ1v) is 6.02. The van der Waals surface area contributed by atoms with Crippen molar-refractivity contribution >= 4 is 11.7 Å². The van der Waals surface area contributed by atoms with Crippen LogP contribution in [0.2, 0.25) is 0 Å². The summed E-state index contributed by atoms with van der Waals surface area (Å²) in [6.07, 6.45) is -1.06. The van der Waals surface area contributed by atoms with Gasteiger partial charge in [-0.25, -0.2) is 4.79 Å². The third-order valence-corrected chi connectivity index (χ3v) is 2.74. The Bertz CT molecular complexity index is 707. The lowest BCUT2D eigenvalue weighted by Crippen LogP contribution is -2.10. The van der Waals surface area contributed by atoms with Crippen molar-refractivity contribution < 1.29 is 14.5 Å². The molecule has 0 N–H and O–H groups in total. The molecule has 0 radical (unpaired) electrons. The molecular formula is C15H10N2O4. The number of hydrogen-bond acceptors (Lipinski definition) is 5. The minimum atomic E-state index is -1.06. The van der Waals surface area contributed by atoms with Gasteiger partial charge in [0.05, 0.1) is 10.5 Å². The van der Waals surface area contributed by atoms with Crippen molar-refractivity contribution in [1.29, 1.82) is 5.26 Å². The molecule has 0 fully saturated rings. The Hall–Kier alpha value is -3.20. The van der Waals surface area contributed by atoms with Crippen LogP contribution in [0.4, 0.5) is 5.69 Å². The fourth-order valence-electron chi connectivity index (χ4n) is 1.72. The van der Waals surface area contributed by atoms with Gasteiger partial charge < -0.3 is 4.74 Å². The van der Waals surface area contributed by atoms with Gasteiger partial charge in [-0.05, 0) is 6.07 Å². The van der Waals surface area contributed by atoms with Crippen molar-refractivity contribution in [2.45, 2.75) is 6.10 Å². The molecule has 0 aliphatic carbocycles. The maximum atomic E-state index is 12.0. The third-order valence-electron chi connectivity index (χ3n) is 2.74. The predicted molar refractivity (Wildman–Crippen MR) is 73.3 cm³/mol. The summed E-state index contributed by atoms with van der Waals surface area (Å²) in [5, 5.41) is 19.8. The third kappa shape index (κ3) is 3.42. The number of non-ortho nitro benzene ring substituents is 1. The molecule has 0 heterocycles. The van der Waals surface area contributed by atoms with E-state index in [-0.39, 0.29) is 11.3 Å². The Labute approximate surface area is 120 Å². The first-order chi connectivity index (χ1) is 10.1. The maximum Gasteiger partial charge on any atom is 0.340 e. The van der Waals surface area contributed by atoms with E-state index in [1.807, 2.05) is 6.07 Å². The molecule has 2 aromatic rings. The number of nitriles is 1. The van der Waals surface area contributed by atoms with Crippen molar-refractivity contribution in [2.75, 3.05) is 0 Å². The maximum absolute atomic E-state index is 12.0. The van der Waals surface area contributed by atoms with Crippen LogP contribution in [0.3, 0.4) is 0 Å². The molecule has 21 heavy (non-hydrogen) atoms. The van der Waals surface area contributed by atoms with Gasteiger partial charge in [0, 0.05) is 17.7 Å². The summed E-state index contributed by atoms with van der Waals surface area (Å²) in [5.74, 6) is -0.783. The minimum absolute atomic E-state index is 0.0281. The van der Waals surface area contributed by atoms with Crippen LogP contribution < -0.4 is 0 Å². The average Bonchev–Trinajstić information content (AvgIpc) is 2.53. The van der Waals surface area contributed by atoms with Crippen molar-refractivity contribution in [2.24, 2.45) is 0 Å². The van der Waals surface area contributed by atoms with Gasteiger partial charge in [0.15, 0.2) is 0 Å². The quantitative estimate of drug-likeness (QED) is 0.488. The Morgan fingerprint density at radius 2 is 1.90 bits per heavy atom. The van der Waals surface area contributed by atoms with E-state index in [1.165, 1.54) is 18.2 Å². The molecule has 2 aromatic carbocycles. The Balaban J connectivity index is 2.19. The van der Waals surface area contributed by atoms with Gasteiger partial charge in [-0.15, -0.1) is 0 Å². The number of nitrogens with zero attached hydrogens (tertiary/aromatic N) is 2. The van der Waals surface area contributed by atoms with E-state index in [0.717, 1.165) is 6.07 Å². The van der Waals surface area contributed by atoms with E-state index >= 15 is 0 Å². The van der Waals surface area contributed by atoms with E-state index in [9.17, 15) is 14.9 Å². The number of carbonyl (C=O) groups is 1. The molecule has 0 aromatic heterocycles. The lowest BCUT2D eigenvalue weighted by atomic mass is 10.1. The van der Waals surface area contributed by atoms with Gasteiger partial charge in [-0.3, -0.25) is 10.1 Å². The van der Waals surface area contributed by atoms with Gasteiger partial charge in [-0.2, -0.15) is 5.26 Å². The van der Waals surface area contributed by atoms with Crippen LogP contribution >= 0.6 is 0 Å². The van der Waals surface area contributed by atoms with Gasteiger partial charge in [0.1, 0.15) is 6.07 Å². The normalized spacial score (nSPS) is 11.2. The summed E-state index contributed by atoms with van der Waals surface area (Å²) in [4.78, 5) is 22.0. The molecule has 0 amide bonds. The number of rotatable bonds is 4. The molecule has 0 bridgehead atoms. The number of ether oxygens (including phenoxy) is 1. The van der Waals surface area contributed by atoms with Crippen LogP contribution in [0, 0.1) is 21.4 Å². The molecular weight excluding hydrogens is 272 g/mol. The van der Waals surface area contributed by atoms with Crippen LogP contribution in [0.15, 0.2) is 54.6 Å². The average molecular weight is 282 g/mol. The molecule has 0 saturated heterocycles. The van der Waals surface area contributed by atoms with Crippen molar-refractivity contribution in [3.05, 3.63) is 75.8 Å². The molecule has 6 heteroatoms. The number of nitro groups is 1. The highest BCUT2D eigenvalue weighted by Gasteiger charge is 2.18. The molecule has 1 unspecified atom stereocenters. The standard InChI is InChI=1S/C15H10N2O4/c16-10-14(11-5-2-1-3-6-11)21-15(18)12-7-4-8-13(9-12)17(19)20/h1-9,14H. The first-order valence-electron chi connectivity index (χ1n) is 6.02. The topological polar surface area (TPSA) is 93.2 Å². The summed E-state index contributed by atoms with van der Waals surface area (Å²) in [6, 6.07) is 15.6. The Morgan fingerprint density at radius 3 is 2.52 bits per heavy atom. The summed E-state index contributed by atoms with van der Waals surface area (Å²) in [5.41, 5.74) is 0.358. The Kier molecular flexibility index (Phi) is 4.26. The predicted octanol–water partition coefficient (Wildman–Crippen LogP) is 3.02. The minimum Gasteiger partial charge on any atom is -0.438 e. The summed E-state index contributed by atoms with van der Waals surface area (Å²) in [6.45, 7) is 0. The molecule has 0 aliphatic rings. The van der Waals surface area contributed by atoms with Gasteiger partial charge >= 0.3 is 5.97 Å². The highest BCUT2D eigenvalue weighted by molar-refractivity contribution is 5.90.